The molecule has 1 saturated heterocycles. The topological polar surface area (TPSA) is 67.2 Å². The maximum absolute atomic E-state index is 12.3. The molecule has 0 saturated carbocycles. The van der Waals surface area contributed by atoms with Gasteiger partial charge in [-0.05, 0) is 20.5 Å². The van der Waals surface area contributed by atoms with Crippen LogP contribution in [0.1, 0.15) is 12.6 Å². The number of hydrogen-bond donors (Lipinski definition) is 0. The van der Waals surface area contributed by atoms with Gasteiger partial charge in [0.1, 0.15) is 11.4 Å². The number of benzene rings is 2. The van der Waals surface area contributed by atoms with Crippen LogP contribution in [0.3, 0.4) is 0 Å². The number of carbonyl (C=O) groups is 1. The third kappa shape index (κ3) is 3.93. The summed E-state index contributed by atoms with van der Waals surface area (Å²) >= 11 is 6.95. The molecule has 7 nitrogen and oxygen atoms in total. The van der Waals surface area contributed by atoms with E-state index < -0.39 is 6.17 Å². The van der Waals surface area contributed by atoms with E-state index in [0.717, 1.165) is 36.9 Å². The van der Waals surface area contributed by atoms with Gasteiger partial charge in [0.25, 0.3) is 0 Å². The van der Waals surface area contributed by atoms with Gasteiger partial charge in [0.15, 0.2) is 18.1 Å². The van der Waals surface area contributed by atoms with Crippen molar-refractivity contribution in [1.82, 2.24) is 29.8 Å². The van der Waals surface area contributed by atoms with Gasteiger partial charge in [-0.25, -0.2) is 4.68 Å². The molecule has 33 heavy (non-hydrogen) atoms. The molecule has 0 spiro atoms. The molecular weight excluding hydrogens is 436 g/mol. The average Bonchev–Trinajstić information content (AvgIpc) is 3.48. The fraction of sp³-hybridized carbons (Fsp3) is 0.280. The third-order valence-corrected chi connectivity index (χ3v) is 6.69. The molecule has 2 atom stereocenters. The standard InChI is InChI=1S/C25H25ClN6O/c1-30(2)19-13-14-31(15-19)20(16-33)32-25-21(23(29-32)17-9-5-3-6-10-17)22(26)24(27-28-25)18-11-7-4-8-12-18/h3-12,16,19-20H,13-15H2,1-2H3. The van der Waals surface area contributed by atoms with Crippen molar-refractivity contribution in [3.05, 3.63) is 65.7 Å². The molecule has 2 aromatic heterocycles. The van der Waals surface area contributed by atoms with Crippen LogP contribution >= 0.6 is 11.6 Å². The normalized spacial score (nSPS) is 17.6. The molecule has 1 fully saturated rings. The highest BCUT2D eigenvalue weighted by atomic mass is 35.5. The molecule has 0 N–H and O–H groups in total. The molecule has 0 amide bonds. The molecule has 1 aliphatic rings. The Morgan fingerprint density at radius 3 is 2.21 bits per heavy atom. The molecule has 0 bridgehead atoms. The van der Waals surface area contributed by atoms with Crippen LogP contribution in [0.15, 0.2) is 60.7 Å². The van der Waals surface area contributed by atoms with Crippen molar-refractivity contribution >= 4 is 28.9 Å². The summed E-state index contributed by atoms with van der Waals surface area (Å²) in [6, 6.07) is 20.0. The Balaban J connectivity index is 1.69. The van der Waals surface area contributed by atoms with E-state index in [4.69, 9.17) is 16.7 Å². The minimum absolute atomic E-state index is 0.391. The van der Waals surface area contributed by atoms with E-state index in [9.17, 15) is 4.79 Å². The van der Waals surface area contributed by atoms with Crippen LogP contribution in [-0.4, -0.2) is 69.3 Å². The van der Waals surface area contributed by atoms with Crippen molar-refractivity contribution in [1.29, 1.82) is 0 Å². The molecule has 1 aliphatic heterocycles. The van der Waals surface area contributed by atoms with Gasteiger partial charge in [-0.2, -0.15) is 5.10 Å². The van der Waals surface area contributed by atoms with Crippen molar-refractivity contribution < 1.29 is 4.79 Å². The Kier molecular flexibility index (Phi) is 5.93. The Labute approximate surface area is 197 Å². The lowest BCUT2D eigenvalue weighted by molar-refractivity contribution is -0.115. The number of nitrogens with zero attached hydrogens (tertiary/aromatic N) is 6. The van der Waals surface area contributed by atoms with E-state index in [-0.39, 0.29) is 0 Å². The molecule has 8 heteroatoms. The van der Waals surface area contributed by atoms with Crippen LogP contribution in [0, 0.1) is 0 Å². The van der Waals surface area contributed by atoms with Crippen LogP contribution in [0.4, 0.5) is 0 Å². The van der Waals surface area contributed by atoms with Crippen molar-refractivity contribution in [2.75, 3.05) is 27.2 Å². The smallest absolute Gasteiger partial charge is 0.184 e. The molecule has 0 aliphatic carbocycles. The highest BCUT2D eigenvalue weighted by Gasteiger charge is 2.33. The van der Waals surface area contributed by atoms with E-state index in [1.54, 1.807) is 4.68 Å². The molecule has 0 radical (unpaired) electrons. The number of likely N-dealkylation sites (tertiary alicyclic amines) is 1. The van der Waals surface area contributed by atoms with Crippen LogP contribution in [0.2, 0.25) is 5.02 Å². The number of rotatable bonds is 6. The molecular formula is C25H25ClN6O. The maximum Gasteiger partial charge on any atom is 0.184 e. The minimum Gasteiger partial charge on any atom is -0.305 e. The highest BCUT2D eigenvalue weighted by Crippen LogP contribution is 2.38. The van der Waals surface area contributed by atoms with Gasteiger partial charge in [-0.1, -0.05) is 72.3 Å². The number of aromatic nitrogens is 4. The zero-order chi connectivity index (χ0) is 22.9. The molecule has 5 rings (SSSR count). The predicted molar refractivity (Wildman–Crippen MR) is 130 cm³/mol. The molecule has 2 unspecified atom stereocenters. The van der Waals surface area contributed by atoms with Gasteiger partial charge in [0.05, 0.1) is 10.4 Å². The maximum atomic E-state index is 12.3. The van der Waals surface area contributed by atoms with Crippen LogP contribution in [0.25, 0.3) is 33.5 Å². The Hall–Kier alpha value is -3.13. The second-order valence-corrected chi connectivity index (χ2v) is 8.92. The molecule has 4 aromatic rings. The van der Waals surface area contributed by atoms with Crippen molar-refractivity contribution in [2.45, 2.75) is 18.6 Å². The monoisotopic (exact) mass is 460 g/mol. The molecule has 2 aromatic carbocycles. The largest absolute Gasteiger partial charge is 0.305 e. The van der Waals surface area contributed by atoms with E-state index in [1.807, 2.05) is 60.7 Å². The summed E-state index contributed by atoms with van der Waals surface area (Å²) in [5.41, 5.74) is 3.58. The van der Waals surface area contributed by atoms with Gasteiger partial charge in [0.2, 0.25) is 0 Å². The van der Waals surface area contributed by atoms with E-state index >= 15 is 0 Å². The number of aldehydes is 1. The fourth-order valence-corrected chi connectivity index (χ4v) is 4.80. The lowest BCUT2D eigenvalue weighted by Crippen LogP contribution is -2.36. The molecule has 168 valence electrons. The summed E-state index contributed by atoms with van der Waals surface area (Å²) in [7, 11) is 4.13. The third-order valence-electron chi connectivity index (χ3n) is 6.32. The predicted octanol–water partition coefficient (Wildman–Crippen LogP) is 4.15. The lowest BCUT2D eigenvalue weighted by atomic mass is 10.1. The van der Waals surface area contributed by atoms with Crippen molar-refractivity contribution in [3.63, 3.8) is 0 Å². The Bertz CT molecular complexity index is 1270. The first-order valence-electron chi connectivity index (χ1n) is 11.0. The SMILES string of the molecule is CN(C)C1CCN(C(C=O)n2nc(-c3ccccc3)c3c(Cl)c(-c4ccccc4)nnc32)C1. The second-order valence-electron chi connectivity index (χ2n) is 8.54. The van der Waals surface area contributed by atoms with Gasteiger partial charge >= 0.3 is 0 Å². The van der Waals surface area contributed by atoms with Gasteiger partial charge in [-0.15, -0.1) is 10.2 Å². The molecule has 3 heterocycles. The van der Waals surface area contributed by atoms with Gasteiger partial charge in [0, 0.05) is 30.3 Å². The first-order chi connectivity index (χ1) is 16.1. The summed E-state index contributed by atoms with van der Waals surface area (Å²) in [4.78, 5) is 16.7. The lowest BCUT2D eigenvalue weighted by Gasteiger charge is -2.25. The zero-order valence-corrected chi connectivity index (χ0v) is 19.4. The van der Waals surface area contributed by atoms with E-state index in [1.165, 1.54) is 0 Å². The van der Waals surface area contributed by atoms with E-state index in [2.05, 4.69) is 34.1 Å². The van der Waals surface area contributed by atoms with Crippen LogP contribution < -0.4 is 0 Å². The summed E-state index contributed by atoms with van der Waals surface area (Å²) in [5.74, 6) is 0. The average molecular weight is 461 g/mol. The fourth-order valence-electron chi connectivity index (χ4n) is 4.47. The number of fused-ring (bicyclic) bond motifs is 1. The highest BCUT2D eigenvalue weighted by molar-refractivity contribution is 6.38. The number of likely N-dealkylation sites (N-methyl/N-ethyl adjacent to an activating group) is 1. The quantitative estimate of drug-likeness (QED) is 0.403. The number of halogens is 1. The Morgan fingerprint density at radius 2 is 1.64 bits per heavy atom. The van der Waals surface area contributed by atoms with Gasteiger partial charge < -0.3 is 4.90 Å². The summed E-state index contributed by atoms with van der Waals surface area (Å²) in [6.07, 6.45) is 1.34. The Morgan fingerprint density at radius 1 is 1.00 bits per heavy atom. The summed E-state index contributed by atoms with van der Waals surface area (Å²) in [5, 5.41) is 15.0. The van der Waals surface area contributed by atoms with Crippen molar-refractivity contribution in [2.24, 2.45) is 0 Å². The van der Waals surface area contributed by atoms with Crippen LogP contribution in [0.5, 0.6) is 0 Å². The van der Waals surface area contributed by atoms with E-state index in [0.29, 0.717) is 33.5 Å². The van der Waals surface area contributed by atoms with Gasteiger partial charge in [-0.3, -0.25) is 9.69 Å². The first-order valence-corrected chi connectivity index (χ1v) is 11.4. The van der Waals surface area contributed by atoms with Crippen molar-refractivity contribution in [3.8, 4) is 22.5 Å². The zero-order valence-electron chi connectivity index (χ0n) is 18.6. The van der Waals surface area contributed by atoms with Crippen LogP contribution in [-0.2, 0) is 4.79 Å². The minimum atomic E-state index is -0.581. The number of hydrogen-bond acceptors (Lipinski definition) is 6. The second kappa shape index (κ2) is 9.02. The summed E-state index contributed by atoms with van der Waals surface area (Å²) in [6.45, 7) is 1.58. The number of carbonyl (C=O) groups excluding carboxylic acids is 1. The first kappa shape index (κ1) is 21.7. The summed E-state index contributed by atoms with van der Waals surface area (Å²) < 4.78 is 1.68.